The number of methoxy groups -OCH3 is 2. The third kappa shape index (κ3) is 6.64. The van der Waals surface area contributed by atoms with Crippen LogP contribution in [0.5, 0.6) is 0 Å². The highest BCUT2D eigenvalue weighted by molar-refractivity contribution is 5.85. The summed E-state index contributed by atoms with van der Waals surface area (Å²) >= 11 is 0. The largest absolute Gasteiger partial charge is 0.465 e. The molecule has 1 aliphatic heterocycles. The molecule has 3 unspecified atom stereocenters. The SMILES string of the molecule is COCCCc1cn(C)c2ccc(C(OC(=O)COC)C(CC3COC(C)(C)N3C(=O)O)C(C)C)cc12. The van der Waals surface area contributed by atoms with E-state index in [1.165, 1.54) is 17.6 Å². The highest BCUT2D eigenvalue weighted by Gasteiger charge is 2.46. The van der Waals surface area contributed by atoms with E-state index in [4.69, 9.17) is 18.9 Å². The lowest BCUT2D eigenvalue weighted by Crippen LogP contribution is -2.48. The molecule has 2 heterocycles. The Balaban J connectivity index is 2.01. The zero-order valence-electron chi connectivity index (χ0n) is 23.2. The lowest BCUT2D eigenvalue weighted by atomic mass is 9.81. The third-order valence-electron chi connectivity index (χ3n) is 7.31. The van der Waals surface area contributed by atoms with Crippen molar-refractivity contribution in [3.05, 3.63) is 35.5 Å². The van der Waals surface area contributed by atoms with Crippen molar-refractivity contribution >= 4 is 23.0 Å². The maximum atomic E-state index is 12.7. The van der Waals surface area contributed by atoms with Crippen molar-refractivity contribution in [2.75, 3.05) is 34.0 Å². The number of benzene rings is 1. The molecule has 0 spiro atoms. The fourth-order valence-corrected chi connectivity index (χ4v) is 5.47. The average molecular weight is 519 g/mol. The smallest absolute Gasteiger partial charge is 0.409 e. The predicted octanol–water partition coefficient (Wildman–Crippen LogP) is 4.77. The number of amides is 1. The van der Waals surface area contributed by atoms with Gasteiger partial charge in [-0.3, -0.25) is 4.90 Å². The Kier molecular flexibility index (Phi) is 9.61. The van der Waals surface area contributed by atoms with Gasteiger partial charge in [0.2, 0.25) is 0 Å². The monoisotopic (exact) mass is 518 g/mol. The number of carbonyl (C=O) groups excluding carboxylic acids is 1. The fraction of sp³-hybridized carbons (Fsp3) is 0.643. The minimum atomic E-state index is -1.02. The number of aromatic nitrogens is 1. The maximum absolute atomic E-state index is 12.7. The van der Waals surface area contributed by atoms with E-state index in [-0.39, 0.29) is 24.5 Å². The first-order valence-electron chi connectivity index (χ1n) is 12.9. The molecule has 206 valence electrons. The van der Waals surface area contributed by atoms with Gasteiger partial charge < -0.3 is 28.6 Å². The van der Waals surface area contributed by atoms with Gasteiger partial charge in [0.25, 0.3) is 0 Å². The van der Waals surface area contributed by atoms with E-state index in [2.05, 4.69) is 36.7 Å². The van der Waals surface area contributed by atoms with Gasteiger partial charge in [-0.05, 0) is 62.3 Å². The normalized spacial score (nSPS) is 18.9. The average Bonchev–Trinajstić information content (AvgIpc) is 3.31. The number of hydrogen-bond acceptors (Lipinski definition) is 6. The molecule has 9 nitrogen and oxygen atoms in total. The van der Waals surface area contributed by atoms with Crippen molar-refractivity contribution < 1.29 is 33.6 Å². The van der Waals surface area contributed by atoms with E-state index in [0.717, 1.165) is 29.3 Å². The molecule has 3 atom stereocenters. The van der Waals surface area contributed by atoms with Crippen LogP contribution in [0.15, 0.2) is 24.4 Å². The summed E-state index contributed by atoms with van der Waals surface area (Å²) in [5.41, 5.74) is 2.28. The van der Waals surface area contributed by atoms with Gasteiger partial charge in [-0.15, -0.1) is 0 Å². The van der Waals surface area contributed by atoms with Crippen LogP contribution in [-0.2, 0) is 37.2 Å². The molecule has 9 heteroatoms. The molecule has 0 saturated carbocycles. The minimum Gasteiger partial charge on any atom is -0.465 e. The molecule has 0 aliphatic carbocycles. The Labute approximate surface area is 219 Å². The van der Waals surface area contributed by atoms with Gasteiger partial charge >= 0.3 is 12.1 Å². The summed E-state index contributed by atoms with van der Waals surface area (Å²) in [6.07, 6.45) is 2.82. The molecule has 1 saturated heterocycles. The van der Waals surface area contributed by atoms with Crippen molar-refractivity contribution in [3.63, 3.8) is 0 Å². The first kappa shape index (κ1) is 28.9. The summed E-state index contributed by atoms with van der Waals surface area (Å²) in [5.74, 6) is -0.500. The van der Waals surface area contributed by atoms with Crippen LogP contribution in [0.4, 0.5) is 4.79 Å². The second-order valence-corrected chi connectivity index (χ2v) is 10.7. The molecule has 1 N–H and O–H groups in total. The Morgan fingerprint density at radius 1 is 1.22 bits per heavy atom. The van der Waals surface area contributed by atoms with E-state index in [1.54, 1.807) is 21.0 Å². The Morgan fingerprint density at radius 2 is 1.95 bits per heavy atom. The summed E-state index contributed by atoms with van der Waals surface area (Å²) < 4.78 is 24.3. The van der Waals surface area contributed by atoms with Gasteiger partial charge in [0.1, 0.15) is 18.4 Å². The van der Waals surface area contributed by atoms with Crippen LogP contribution in [0.25, 0.3) is 10.9 Å². The molecule has 1 fully saturated rings. The van der Waals surface area contributed by atoms with E-state index in [0.29, 0.717) is 19.6 Å². The van der Waals surface area contributed by atoms with Gasteiger partial charge in [-0.1, -0.05) is 19.9 Å². The van der Waals surface area contributed by atoms with Crippen LogP contribution in [0.2, 0.25) is 0 Å². The van der Waals surface area contributed by atoms with Crippen molar-refractivity contribution in [3.8, 4) is 0 Å². The first-order valence-corrected chi connectivity index (χ1v) is 12.9. The maximum Gasteiger partial charge on any atom is 0.409 e. The highest BCUT2D eigenvalue weighted by Crippen LogP contribution is 2.40. The van der Waals surface area contributed by atoms with Crippen LogP contribution in [-0.4, -0.2) is 72.4 Å². The molecular weight excluding hydrogens is 476 g/mol. The fourth-order valence-electron chi connectivity index (χ4n) is 5.47. The Hall–Kier alpha value is -2.62. The highest BCUT2D eigenvalue weighted by atomic mass is 16.6. The summed E-state index contributed by atoms with van der Waals surface area (Å²) in [6, 6.07) is 5.82. The second-order valence-electron chi connectivity index (χ2n) is 10.7. The molecule has 3 rings (SSSR count). The topological polar surface area (TPSA) is 99.5 Å². The quantitative estimate of drug-likeness (QED) is 0.319. The van der Waals surface area contributed by atoms with E-state index >= 15 is 0 Å². The zero-order valence-corrected chi connectivity index (χ0v) is 23.2. The van der Waals surface area contributed by atoms with E-state index < -0.39 is 23.9 Å². The lowest BCUT2D eigenvalue weighted by molar-refractivity contribution is -0.158. The van der Waals surface area contributed by atoms with Crippen LogP contribution < -0.4 is 0 Å². The van der Waals surface area contributed by atoms with Crippen LogP contribution in [0, 0.1) is 11.8 Å². The third-order valence-corrected chi connectivity index (χ3v) is 7.31. The van der Waals surface area contributed by atoms with Crippen LogP contribution in [0.1, 0.15) is 57.8 Å². The second kappa shape index (κ2) is 12.3. The summed E-state index contributed by atoms with van der Waals surface area (Å²) in [6.45, 7) is 8.49. The minimum absolute atomic E-state index is 0.104. The molecule has 0 radical (unpaired) electrons. The van der Waals surface area contributed by atoms with E-state index in [1.807, 2.05) is 13.1 Å². The van der Waals surface area contributed by atoms with Crippen molar-refractivity contribution in [2.45, 2.75) is 64.8 Å². The van der Waals surface area contributed by atoms with Crippen LogP contribution in [0.3, 0.4) is 0 Å². The number of nitrogens with zero attached hydrogens (tertiary/aromatic N) is 2. The summed E-state index contributed by atoms with van der Waals surface area (Å²) in [4.78, 5) is 26.2. The number of hydrogen-bond donors (Lipinski definition) is 1. The number of carbonyl (C=O) groups is 2. The van der Waals surface area contributed by atoms with Gasteiger partial charge in [0.05, 0.1) is 12.6 Å². The van der Waals surface area contributed by atoms with Gasteiger partial charge in [0.15, 0.2) is 0 Å². The van der Waals surface area contributed by atoms with Crippen molar-refractivity contribution in [1.82, 2.24) is 9.47 Å². The Morgan fingerprint density at radius 3 is 2.57 bits per heavy atom. The molecule has 1 aliphatic rings. The lowest BCUT2D eigenvalue weighted by Gasteiger charge is -2.36. The van der Waals surface area contributed by atoms with Crippen molar-refractivity contribution in [2.24, 2.45) is 18.9 Å². The van der Waals surface area contributed by atoms with Gasteiger partial charge in [-0.25, -0.2) is 9.59 Å². The number of fused-ring (bicyclic) bond motifs is 1. The molecule has 1 aromatic heterocycles. The molecular formula is C28H42N2O7. The molecule has 1 aromatic carbocycles. The standard InChI is InChI=1S/C28H42N2O7/c1-18(2)22(14-21-16-36-28(3,4)30(21)27(32)33)26(37-25(31)17-35-7)19-10-11-24-23(13-19)20(15-29(24)5)9-8-12-34-6/h10-11,13,15,18,21-22,26H,8-9,12,14,16-17H2,1-7H3,(H,32,33). The van der Waals surface area contributed by atoms with E-state index in [9.17, 15) is 14.7 Å². The Bertz CT molecular complexity index is 1080. The van der Waals surface area contributed by atoms with Crippen LogP contribution >= 0.6 is 0 Å². The van der Waals surface area contributed by atoms with Crippen molar-refractivity contribution in [1.29, 1.82) is 0 Å². The van der Waals surface area contributed by atoms with Gasteiger partial charge in [-0.2, -0.15) is 0 Å². The molecule has 0 bridgehead atoms. The number of aryl methyl sites for hydroxylation is 2. The number of esters is 1. The molecule has 2 aromatic rings. The number of ether oxygens (including phenoxy) is 4. The number of rotatable bonds is 12. The zero-order chi connectivity index (χ0) is 27.3. The predicted molar refractivity (Wildman–Crippen MR) is 140 cm³/mol. The molecule has 37 heavy (non-hydrogen) atoms. The number of carboxylic acid groups (broad SMARTS) is 1. The first-order chi connectivity index (χ1) is 17.5. The summed E-state index contributed by atoms with van der Waals surface area (Å²) in [5, 5.41) is 11.0. The van der Waals surface area contributed by atoms with Gasteiger partial charge in [0, 0.05) is 50.9 Å². The molecule has 1 amide bonds. The summed E-state index contributed by atoms with van der Waals surface area (Å²) in [7, 11) is 5.19.